The van der Waals surface area contributed by atoms with Gasteiger partial charge in [-0.1, -0.05) is 54.1 Å². The molecule has 0 amide bonds. The Kier molecular flexibility index (Phi) is 5.09. The van der Waals surface area contributed by atoms with Gasteiger partial charge in [-0.25, -0.2) is 0 Å². The Morgan fingerprint density at radius 3 is 2.71 bits per heavy atom. The number of unbranched alkanes of at least 4 members (excludes halogenated alkanes) is 1. The molecule has 0 nitrogen and oxygen atoms in total. The summed E-state index contributed by atoms with van der Waals surface area (Å²) in [4.78, 5) is 0. The summed E-state index contributed by atoms with van der Waals surface area (Å²) >= 11 is 0. The Balaban J connectivity index is 1.66. The highest BCUT2D eigenvalue weighted by Crippen LogP contribution is 2.18. The minimum atomic E-state index is 1.20. The summed E-state index contributed by atoms with van der Waals surface area (Å²) in [6, 6.07) is 10.8. The first-order valence-corrected chi connectivity index (χ1v) is 6.84. The molecule has 0 heterocycles. The van der Waals surface area contributed by atoms with Crippen LogP contribution in [-0.2, 0) is 6.42 Å². The number of benzene rings is 1. The lowest BCUT2D eigenvalue weighted by atomic mass is 9.99. The number of hydrogen-bond acceptors (Lipinski definition) is 0. The lowest BCUT2D eigenvalue weighted by Gasteiger charge is -2.07. The highest BCUT2D eigenvalue weighted by Gasteiger charge is 1.98. The van der Waals surface area contributed by atoms with E-state index in [-0.39, 0.29) is 0 Å². The molecular formula is C17H22. The van der Waals surface area contributed by atoms with Crippen LogP contribution in [0.5, 0.6) is 0 Å². The number of allylic oxidation sites excluding steroid dienone is 4. The van der Waals surface area contributed by atoms with Crippen LogP contribution >= 0.6 is 0 Å². The second-order valence-corrected chi connectivity index (χ2v) is 4.81. The fraction of sp³-hybridized carbons (Fsp3) is 0.412. The molecule has 2 rings (SSSR count). The van der Waals surface area contributed by atoms with Crippen LogP contribution in [0.2, 0.25) is 0 Å². The quantitative estimate of drug-likeness (QED) is 0.615. The predicted octanol–water partition coefficient (Wildman–Crippen LogP) is 5.07. The van der Waals surface area contributed by atoms with E-state index in [1.807, 2.05) is 0 Å². The topological polar surface area (TPSA) is 0 Å². The van der Waals surface area contributed by atoms with Gasteiger partial charge in [0.25, 0.3) is 0 Å². The van der Waals surface area contributed by atoms with Crippen molar-refractivity contribution in [2.45, 2.75) is 44.9 Å². The molecule has 0 fully saturated rings. The fourth-order valence-electron chi connectivity index (χ4n) is 2.32. The van der Waals surface area contributed by atoms with Gasteiger partial charge in [0.15, 0.2) is 0 Å². The van der Waals surface area contributed by atoms with E-state index in [4.69, 9.17) is 0 Å². The van der Waals surface area contributed by atoms with E-state index >= 15 is 0 Å². The summed E-state index contributed by atoms with van der Waals surface area (Å²) in [5.74, 6) is 0. The molecule has 0 saturated heterocycles. The van der Waals surface area contributed by atoms with Crippen molar-refractivity contribution in [3.05, 3.63) is 59.7 Å². The third kappa shape index (κ3) is 4.60. The lowest BCUT2D eigenvalue weighted by Crippen LogP contribution is -1.88. The van der Waals surface area contributed by atoms with E-state index in [0.717, 1.165) is 0 Å². The third-order valence-corrected chi connectivity index (χ3v) is 3.34. The molecular weight excluding hydrogens is 204 g/mol. The summed E-state index contributed by atoms with van der Waals surface area (Å²) in [6.07, 6.45) is 16.1. The minimum absolute atomic E-state index is 1.20. The van der Waals surface area contributed by atoms with Crippen molar-refractivity contribution in [3.8, 4) is 0 Å². The fourth-order valence-corrected chi connectivity index (χ4v) is 2.32. The molecule has 1 aromatic carbocycles. The number of aryl methyl sites for hydroxylation is 1. The van der Waals surface area contributed by atoms with E-state index in [0.29, 0.717) is 0 Å². The molecule has 17 heavy (non-hydrogen) atoms. The van der Waals surface area contributed by atoms with Crippen LogP contribution in [0.3, 0.4) is 0 Å². The lowest BCUT2D eigenvalue weighted by molar-refractivity contribution is 0.711. The van der Waals surface area contributed by atoms with Crippen LogP contribution in [0.1, 0.15) is 44.1 Å². The molecule has 0 N–H and O–H groups in total. The molecule has 1 aliphatic carbocycles. The molecule has 0 bridgehead atoms. The van der Waals surface area contributed by atoms with Gasteiger partial charge in [-0.3, -0.25) is 0 Å². The molecule has 0 atom stereocenters. The van der Waals surface area contributed by atoms with Gasteiger partial charge < -0.3 is 0 Å². The zero-order chi connectivity index (χ0) is 11.8. The smallest absolute Gasteiger partial charge is 0.0276 e. The average molecular weight is 226 g/mol. The first-order chi connectivity index (χ1) is 8.45. The minimum Gasteiger partial charge on any atom is -0.0843 e. The van der Waals surface area contributed by atoms with Gasteiger partial charge in [0.05, 0.1) is 0 Å². The van der Waals surface area contributed by atoms with Crippen molar-refractivity contribution in [2.75, 3.05) is 0 Å². The molecule has 0 radical (unpaired) electrons. The molecule has 0 aliphatic heterocycles. The van der Waals surface area contributed by atoms with Crippen molar-refractivity contribution in [1.82, 2.24) is 0 Å². The highest BCUT2D eigenvalue weighted by molar-refractivity contribution is 5.20. The summed E-state index contributed by atoms with van der Waals surface area (Å²) in [7, 11) is 0. The van der Waals surface area contributed by atoms with Crippen LogP contribution in [-0.4, -0.2) is 0 Å². The Bertz CT molecular complexity index is 370. The molecule has 1 aromatic rings. The number of hydrogen-bond donors (Lipinski definition) is 0. The summed E-state index contributed by atoms with van der Waals surface area (Å²) in [5.41, 5.74) is 3.01. The van der Waals surface area contributed by atoms with Gasteiger partial charge >= 0.3 is 0 Å². The van der Waals surface area contributed by atoms with Gasteiger partial charge in [-0.15, -0.1) is 0 Å². The molecule has 0 heteroatoms. The number of rotatable bonds is 5. The van der Waals surface area contributed by atoms with Gasteiger partial charge in [0.2, 0.25) is 0 Å². The molecule has 90 valence electrons. The Labute approximate surface area is 105 Å². The molecule has 0 spiro atoms. The van der Waals surface area contributed by atoms with E-state index < -0.39 is 0 Å². The van der Waals surface area contributed by atoms with Gasteiger partial charge in [-0.05, 0) is 50.5 Å². The SMILES string of the molecule is C1=C(/C=C/CCCc2ccccc2)CCCC1. The van der Waals surface area contributed by atoms with E-state index in [2.05, 4.69) is 48.6 Å². The maximum absolute atomic E-state index is 2.40. The first kappa shape index (κ1) is 12.2. The molecule has 0 aromatic heterocycles. The normalized spacial score (nSPS) is 16.1. The largest absolute Gasteiger partial charge is 0.0843 e. The summed E-state index contributed by atoms with van der Waals surface area (Å²) < 4.78 is 0. The predicted molar refractivity (Wildman–Crippen MR) is 75.1 cm³/mol. The molecule has 0 saturated carbocycles. The van der Waals surface area contributed by atoms with Crippen LogP contribution in [0.25, 0.3) is 0 Å². The third-order valence-electron chi connectivity index (χ3n) is 3.34. The van der Waals surface area contributed by atoms with Crippen molar-refractivity contribution >= 4 is 0 Å². The molecule has 0 unspecified atom stereocenters. The van der Waals surface area contributed by atoms with E-state index in [1.54, 1.807) is 5.57 Å². The standard InChI is InChI=1S/C17H22/c1-4-10-16(11-5-1)14-8-3-9-15-17-12-6-2-7-13-17/h1,4-5,9-12,15H,2-3,6-8,13-14H2/b15-9+. The second-order valence-electron chi connectivity index (χ2n) is 4.81. The van der Waals surface area contributed by atoms with E-state index in [1.165, 1.54) is 50.5 Å². The Hall–Kier alpha value is -1.30. The van der Waals surface area contributed by atoms with Crippen LogP contribution in [0.4, 0.5) is 0 Å². The Morgan fingerprint density at radius 2 is 1.94 bits per heavy atom. The zero-order valence-electron chi connectivity index (χ0n) is 10.6. The van der Waals surface area contributed by atoms with Gasteiger partial charge in [-0.2, -0.15) is 0 Å². The van der Waals surface area contributed by atoms with Crippen LogP contribution in [0, 0.1) is 0 Å². The van der Waals surface area contributed by atoms with Crippen molar-refractivity contribution in [2.24, 2.45) is 0 Å². The van der Waals surface area contributed by atoms with Crippen molar-refractivity contribution in [1.29, 1.82) is 0 Å². The van der Waals surface area contributed by atoms with E-state index in [9.17, 15) is 0 Å². The van der Waals surface area contributed by atoms with Crippen LogP contribution in [0.15, 0.2) is 54.1 Å². The maximum Gasteiger partial charge on any atom is -0.0276 e. The van der Waals surface area contributed by atoms with Crippen molar-refractivity contribution in [3.63, 3.8) is 0 Å². The molecule has 1 aliphatic rings. The monoisotopic (exact) mass is 226 g/mol. The summed E-state index contributed by atoms with van der Waals surface area (Å²) in [5, 5.41) is 0. The first-order valence-electron chi connectivity index (χ1n) is 6.84. The van der Waals surface area contributed by atoms with Crippen LogP contribution < -0.4 is 0 Å². The maximum atomic E-state index is 2.40. The average Bonchev–Trinajstić information content (AvgIpc) is 2.41. The van der Waals surface area contributed by atoms with Crippen molar-refractivity contribution < 1.29 is 0 Å². The zero-order valence-corrected chi connectivity index (χ0v) is 10.6. The van der Waals surface area contributed by atoms with Gasteiger partial charge in [0.1, 0.15) is 0 Å². The highest BCUT2D eigenvalue weighted by atomic mass is 14.0. The Morgan fingerprint density at radius 1 is 1.06 bits per heavy atom. The summed E-state index contributed by atoms with van der Waals surface area (Å²) in [6.45, 7) is 0. The second kappa shape index (κ2) is 7.11. The van der Waals surface area contributed by atoms with Gasteiger partial charge in [0, 0.05) is 0 Å².